The van der Waals surface area contributed by atoms with Gasteiger partial charge in [0.05, 0.1) is 35.5 Å². The van der Waals surface area contributed by atoms with Crippen LogP contribution in [0.4, 0.5) is 11.4 Å². The Balaban J connectivity index is 0.716. The van der Waals surface area contributed by atoms with Gasteiger partial charge in [-0.15, -0.1) is 0 Å². The van der Waals surface area contributed by atoms with Crippen molar-refractivity contribution in [3.05, 3.63) is 83.6 Å². The molecule has 7 heterocycles. The van der Waals surface area contributed by atoms with Crippen LogP contribution in [0, 0.1) is 18.3 Å². The molecule has 10 rings (SSSR count). The summed E-state index contributed by atoms with van der Waals surface area (Å²) in [7, 11) is 1.55. The number of aryl methyl sites for hydroxylation is 1. The number of carbonyl (C=O) groups is 6. The third kappa shape index (κ3) is 6.94. The van der Waals surface area contributed by atoms with Crippen LogP contribution in [-0.4, -0.2) is 104 Å². The van der Waals surface area contributed by atoms with E-state index < -0.39 is 35.6 Å². The number of nitrogens with one attached hydrogen (secondary N) is 2. The molecule has 1 saturated carbocycles. The number of pyridine rings is 1. The van der Waals surface area contributed by atoms with Crippen molar-refractivity contribution >= 4 is 57.7 Å². The van der Waals surface area contributed by atoms with Crippen LogP contribution in [0.3, 0.4) is 0 Å². The first kappa shape index (κ1) is 39.2. The molecule has 5 aromatic rings. The molecule has 17 nitrogen and oxygen atoms in total. The minimum atomic E-state index is -1.01. The average molecular weight is 840 g/mol. The van der Waals surface area contributed by atoms with Gasteiger partial charge in [-0.2, -0.15) is 5.10 Å². The van der Waals surface area contributed by atoms with Crippen LogP contribution in [0.25, 0.3) is 22.4 Å². The van der Waals surface area contributed by atoms with Crippen molar-refractivity contribution in [3.8, 4) is 17.2 Å². The van der Waals surface area contributed by atoms with E-state index in [0.29, 0.717) is 43.3 Å². The van der Waals surface area contributed by atoms with E-state index in [0.717, 1.165) is 71.5 Å². The van der Waals surface area contributed by atoms with Gasteiger partial charge in [0, 0.05) is 79.3 Å². The van der Waals surface area contributed by atoms with Crippen molar-refractivity contribution in [2.75, 3.05) is 43.5 Å². The van der Waals surface area contributed by atoms with Gasteiger partial charge >= 0.3 is 0 Å². The summed E-state index contributed by atoms with van der Waals surface area (Å²) in [5.74, 6) is -1.60. The molecule has 5 aliphatic rings. The predicted octanol–water partition coefficient (Wildman–Crippen LogP) is 4.92. The molecule has 4 aliphatic heterocycles. The van der Waals surface area contributed by atoms with E-state index >= 15 is 0 Å². The quantitative estimate of drug-likeness (QED) is 0.200. The Morgan fingerprint density at radius 2 is 1.71 bits per heavy atom. The van der Waals surface area contributed by atoms with Crippen LogP contribution in [0.15, 0.2) is 65.5 Å². The number of rotatable bonds is 8. The largest absolute Gasteiger partial charge is 0.494 e. The SMILES string of the molecule is COc1cc2nn(C3CC4(CCN(C(=O)C5CCN(c6ccc7c(c6)C(=O)N(C6CCC(=O)NC6=O)C7=O)CC5)CC4)C3)cc2cc1NC(=O)c1coc(-c2ccnc(C)c2)n1. The van der Waals surface area contributed by atoms with Crippen LogP contribution in [0.2, 0.25) is 0 Å². The minimum Gasteiger partial charge on any atom is -0.494 e. The topological polar surface area (TPSA) is 202 Å². The Bertz CT molecular complexity index is 2680. The fourth-order valence-electron chi connectivity index (χ4n) is 9.94. The molecule has 0 bridgehead atoms. The second-order valence-electron chi connectivity index (χ2n) is 17.2. The van der Waals surface area contributed by atoms with Gasteiger partial charge in [0.2, 0.25) is 23.6 Å². The number of likely N-dealkylation sites (tertiary alicyclic amines) is 1. The third-order valence-electron chi connectivity index (χ3n) is 13.5. The highest BCUT2D eigenvalue weighted by Gasteiger charge is 2.48. The van der Waals surface area contributed by atoms with Crippen LogP contribution >= 0.6 is 0 Å². The first-order valence-electron chi connectivity index (χ1n) is 21.1. The number of methoxy groups -OCH3 is 1. The Morgan fingerprint density at radius 3 is 2.45 bits per heavy atom. The zero-order valence-electron chi connectivity index (χ0n) is 34.4. The average Bonchev–Trinajstić information content (AvgIpc) is 3.99. The van der Waals surface area contributed by atoms with E-state index in [4.69, 9.17) is 14.3 Å². The number of imide groups is 2. The molecule has 2 N–H and O–H groups in total. The Hall–Kier alpha value is -6.91. The number of oxazole rings is 1. The van der Waals surface area contributed by atoms with Crippen molar-refractivity contribution in [3.63, 3.8) is 0 Å². The molecule has 1 atom stereocenters. The number of amides is 6. The number of benzene rings is 2. The highest BCUT2D eigenvalue weighted by Crippen LogP contribution is 2.55. The number of nitrogens with zero attached hydrogens (tertiary/aromatic N) is 7. The van der Waals surface area contributed by atoms with Crippen molar-refractivity contribution < 1.29 is 37.9 Å². The smallest absolute Gasteiger partial charge is 0.277 e. The molecule has 4 fully saturated rings. The monoisotopic (exact) mass is 839 g/mol. The van der Waals surface area contributed by atoms with Gasteiger partial charge in [-0.25, -0.2) is 4.98 Å². The zero-order valence-corrected chi connectivity index (χ0v) is 34.4. The number of hydrogen-bond acceptors (Lipinski definition) is 12. The normalized spacial score (nSPS) is 20.4. The summed E-state index contributed by atoms with van der Waals surface area (Å²) in [6.45, 7) is 4.61. The first-order chi connectivity index (χ1) is 30.0. The second kappa shape index (κ2) is 15.2. The fraction of sp³-hybridized carbons (Fsp3) is 0.400. The minimum absolute atomic E-state index is 0.0674. The van der Waals surface area contributed by atoms with E-state index in [9.17, 15) is 28.8 Å². The molecular formula is C45H45N9O8. The summed E-state index contributed by atoms with van der Waals surface area (Å²) in [4.78, 5) is 91.3. The van der Waals surface area contributed by atoms with Crippen LogP contribution < -0.4 is 20.3 Å². The van der Waals surface area contributed by atoms with Crippen molar-refractivity contribution in [2.24, 2.45) is 11.3 Å². The maximum Gasteiger partial charge on any atom is 0.277 e. The lowest BCUT2D eigenvalue weighted by atomic mass is 9.60. The maximum absolute atomic E-state index is 13.8. The molecule has 3 saturated heterocycles. The van der Waals surface area contributed by atoms with Crippen molar-refractivity contribution in [1.82, 2.24) is 34.9 Å². The highest BCUT2D eigenvalue weighted by molar-refractivity contribution is 6.23. The molecule has 1 spiro atoms. The summed E-state index contributed by atoms with van der Waals surface area (Å²) in [6, 6.07) is 11.7. The number of carbonyl (C=O) groups excluding carboxylic acids is 6. The van der Waals surface area contributed by atoms with Gasteiger partial charge in [-0.05, 0) is 93.7 Å². The molecular weight excluding hydrogens is 795 g/mol. The van der Waals surface area contributed by atoms with Gasteiger partial charge in [0.1, 0.15) is 18.1 Å². The summed E-state index contributed by atoms with van der Waals surface area (Å²) < 4.78 is 13.2. The van der Waals surface area contributed by atoms with Crippen LogP contribution in [-0.2, 0) is 14.4 Å². The number of anilines is 2. The number of ether oxygens (including phenoxy) is 1. The van der Waals surface area contributed by atoms with Crippen LogP contribution in [0.1, 0.15) is 94.3 Å². The van der Waals surface area contributed by atoms with Gasteiger partial charge in [0.25, 0.3) is 17.7 Å². The molecule has 1 unspecified atom stereocenters. The van der Waals surface area contributed by atoms with Crippen LogP contribution in [0.5, 0.6) is 5.75 Å². The van der Waals surface area contributed by atoms with Gasteiger partial charge in [-0.3, -0.25) is 48.6 Å². The highest BCUT2D eigenvalue weighted by atomic mass is 16.5. The van der Waals surface area contributed by atoms with E-state index in [-0.39, 0.29) is 52.9 Å². The molecule has 2 aromatic carbocycles. The molecule has 6 amide bonds. The molecule has 0 radical (unpaired) electrons. The van der Waals surface area contributed by atoms with Gasteiger partial charge < -0.3 is 24.3 Å². The van der Waals surface area contributed by atoms with E-state index in [1.165, 1.54) is 6.26 Å². The van der Waals surface area contributed by atoms with Gasteiger partial charge in [0.15, 0.2) is 5.69 Å². The lowest BCUT2D eigenvalue weighted by Crippen LogP contribution is -2.54. The molecule has 1 aliphatic carbocycles. The molecule has 17 heteroatoms. The Labute approximate surface area is 355 Å². The molecule has 318 valence electrons. The zero-order chi connectivity index (χ0) is 42.9. The lowest BCUT2D eigenvalue weighted by Gasteiger charge is -2.52. The fourth-order valence-corrected chi connectivity index (χ4v) is 9.94. The molecule has 62 heavy (non-hydrogen) atoms. The first-order valence-corrected chi connectivity index (χ1v) is 21.1. The third-order valence-corrected chi connectivity index (χ3v) is 13.5. The predicted molar refractivity (Wildman–Crippen MR) is 223 cm³/mol. The lowest BCUT2D eigenvalue weighted by molar-refractivity contribution is -0.140. The van der Waals surface area contributed by atoms with E-state index in [1.807, 2.05) is 47.0 Å². The van der Waals surface area contributed by atoms with E-state index in [1.54, 1.807) is 31.5 Å². The number of fused-ring (bicyclic) bond motifs is 2. The summed E-state index contributed by atoms with van der Waals surface area (Å²) in [5.41, 5.74) is 4.42. The number of piperidine rings is 3. The van der Waals surface area contributed by atoms with Crippen molar-refractivity contribution in [2.45, 2.75) is 70.4 Å². The summed E-state index contributed by atoms with van der Waals surface area (Å²) in [6.07, 6.45) is 10.4. The number of aromatic nitrogens is 4. The van der Waals surface area contributed by atoms with Gasteiger partial charge in [-0.1, -0.05) is 0 Å². The summed E-state index contributed by atoms with van der Waals surface area (Å²) >= 11 is 0. The standard InChI is InChI=1S/C45H45N9O8/c1-25-17-27(7-12-46-25)41-48-35(24-62-41)39(56)47-34-18-28-23-53(50-33(28)20-37(34)61-2)30-21-45(22-30)10-15-52(16-11-45)42(58)26-8-13-51(14-9-26)29-3-4-31-32(19-29)44(60)54(43(31)59)36-5-6-38(55)49-40(36)57/h3-4,7,12,17-20,23-24,26,30,36H,5-6,8-11,13-16,21-22H2,1-2H3,(H,47,56)(H,49,55,57). The second-order valence-corrected chi connectivity index (χ2v) is 17.2. The Kier molecular flexibility index (Phi) is 9.63. The summed E-state index contributed by atoms with van der Waals surface area (Å²) in [5, 5.41) is 10.9. The number of hydrogen-bond donors (Lipinski definition) is 2. The maximum atomic E-state index is 13.8. The van der Waals surface area contributed by atoms with Crippen molar-refractivity contribution in [1.29, 1.82) is 0 Å². The molecule has 3 aromatic heterocycles. The Morgan fingerprint density at radius 1 is 0.935 bits per heavy atom. The van der Waals surface area contributed by atoms with E-state index in [2.05, 4.69) is 25.5 Å².